The molecule has 0 atom stereocenters. The molecule has 0 spiro atoms. The minimum absolute atomic E-state index is 0.514. The predicted molar refractivity (Wildman–Crippen MR) is 45.2 cm³/mol. The molecule has 0 radical (unpaired) electrons. The number of nitrogens with zero attached hydrogens (tertiary/aromatic N) is 2. The Morgan fingerprint density at radius 3 is 2.80 bits per heavy atom. The normalized spacial score (nSPS) is 10.3. The van der Waals surface area contributed by atoms with E-state index in [1.165, 1.54) is 0 Å². The minimum atomic E-state index is 0.514. The smallest absolute Gasteiger partial charge is 0.108 e. The zero-order chi connectivity index (χ0) is 7.56. The molecular formula is C6H8BrClN2. The summed E-state index contributed by atoms with van der Waals surface area (Å²) in [6.45, 7) is 2.91. The van der Waals surface area contributed by atoms with Crippen LogP contribution in [0.25, 0.3) is 0 Å². The summed E-state index contributed by atoms with van der Waals surface area (Å²) in [5.74, 6) is 0.514. The first-order chi connectivity index (χ1) is 4.79. The maximum atomic E-state index is 5.62. The Hall–Kier alpha value is -0.0200. The molecular weight excluding hydrogens is 215 g/mol. The third-order valence-electron chi connectivity index (χ3n) is 1.29. The molecule has 1 aromatic heterocycles. The maximum absolute atomic E-state index is 5.62. The van der Waals surface area contributed by atoms with Gasteiger partial charge in [-0.15, -0.1) is 11.6 Å². The van der Waals surface area contributed by atoms with Crippen LogP contribution in [0.3, 0.4) is 0 Å². The molecule has 1 aromatic rings. The molecule has 0 N–H and O–H groups in total. The van der Waals surface area contributed by atoms with Crippen LogP contribution in [0.5, 0.6) is 0 Å². The zero-order valence-corrected chi connectivity index (χ0v) is 7.98. The van der Waals surface area contributed by atoms with Crippen molar-refractivity contribution >= 4 is 27.5 Å². The third kappa shape index (κ3) is 1.35. The van der Waals surface area contributed by atoms with Crippen LogP contribution in [-0.2, 0) is 12.4 Å². The lowest BCUT2D eigenvalue weighted by Crippen LogP contribution is -1.95. The highest BCUT2D eigenvalue weighted by molar-refractivity contribution is 9.10. The SMILES string of the molecule is CCn1ncc(CCl)c1Br. The highest BCUT2D eigenvalue weighted by Crippen LogP contribution is 2.17. The van der Waals surface area contributed by atoms with Crippen molar-refractivity contribution in [2.75, 3.05) is 0 Å². The lowest BCUT2D eigenvalue weighted by Gasteiger charge is -1.96. The van der Waals surface area contributed by atoms with Crippen LogP contribution in [0.1, 0.15) is 12.5 Å². The average molecular weight is 224 g/mol. The Morgan fingerprint density at radius 1 is 1.80 bits per heavy atom. The first-order valence-corrected chi connectivity index (χ1v) is 4.38. The summed E-state index contributed by atoms with van der Waals surface area (Å²) in [7, 11) is 0. The predicted octanol–water partition coefficient (Wildman–Crippen LogP) is 2.40. The second-order valence-corrected chi connectivity index (χ2v) is 2.93. The van der Waals surface area contributed by atoms with Crippen LogP contribution in [-0.4, -0.2) is 9.78 Å². The van der Waals surface area contributed by atoms with Gasteiger partial charge in [0.15, 0.2) is 0 Å². The molecule has 0 bridgehead atoms. The molecule has 1 heterocycles. The fourth-order valence-electron chi connectivity index (χ4n) is 0.719. The van der Waals surface area contributed by atoms with Crippen molar-refractivity contribution in [2.45, 2.75) is 19.3 Å². The van der Waals surface area contributed by atoms with E-state index < -0.39 is 0 Å². The van der Waals surface area contributed by atoms with E-state index in [-0.39, 0.29) is 0 Å². The van der Waals surface area contributed by atoms with Gasteiger partial charge in [-0.2, -0.15) is 5.10 Å². The number of halogens is 2. The van der Waals surface area contributed by atoms with Gasteiger partial charge < -0.3 is 0 Å². The average Bonchev–Trinajstić information content (AvgIpc) is 2.30. The molecule has 56 valence electrons. The molecule has 0 aliphatic carbocycles. The van der Waals surface area contributed by atoms with Crippen LogP contribution in [0.15, 0.2) is 10.8 Å². The van der Waals surface area contributed by atoms with Gasteiger partial charge in [0.05, 0.1) is 12.1 Å². The molecule has 0 saturated carbocycles. The Labute approximate surface area is 73.3 Å². The molecule has 0 saturated heterocycles. The zero-order valence-electron chi connectivity index (χ0n) is 5.64. The van der Waals surface area contributed by atoms with Crippen molar-refractivity contribution in [3.05, 3.63) is 16.4 Å². The Morgan fingerprint density at radius 2 is 2.50 bits per heavy atom. The van der Waals surface area contributed by atoms with Crippen molar-refractivity contribution < 1.29 is 0 Å². The van der Waals surface area contributed by atoms with Gasteiger partial charge in [-0.1, -0.05) is 0 Å². The van der Waals surface area contributed by atoms with Crippen LogP contribution in [0.2, 0.25) is 0 Å². The monoisotopic (exact) mass is 222 g/mol. The summed E-state index contributed by atoms with van der Waals surface area (Å²) in [6.07, 6.45) is 1.78. The van der Waals surface area contributed by atoms with Gasteiger partial charge in [-0.3, -0.25) is 4.68 Å². The van der Waals surface area contributed by atoms with E-state index in [0.29, 0.717) is 5.88 Å². The van der Waals surface area contributed by atoms with Gasteiger partial charge in [0, 0.05) is 12.1 Å². The number of rotatable bonds is 2. The Kier molecular flexibility index (Phi) is 2.74. The summed E-state index contributed by atoms with van der Waals surface area (Å²) >= 11 is 9.01. The third-order valence-corrected chi connectivity index (χ3v) is 2.49. The van der Waals surface area contributed by atoms with Crippen molar-refractivity contribution in [1.29, 1.82) is 0 Å². The van der Waals surface area contributed by atoms with Crippen molar-refractivity contribution in [3.63, 3.8) is 0 Å². The number of aryl methyl sites for hydroxylation is 1. The topological polar surface area (TPSA) is 17.8 Å². The fourth-order valence-corrected chi connectivity index (χ4v) is 1.66. The number of hydrogen-bond donors (Lipinski definition) is 0. The van der Waals surface area contributed by atoms with E-state index >= 15 is 0 Å². The highest BCUT2D eigenvalue weighted by atomic mass is 79.9. The first-order valence-electron chi connectivity index (χ1n) is 3.05. The lowest BCUT2D eigenvalue weighted by atomic mass is 10.4. The van der Waals surface area contributed by atoms with E-state index in [1.54, 1.807) is 6.20 Å². The molecule has 10 heavy (non-hydrogen) atoms. The summed E-state index contributed by atoms with van der Waals surface area (Å²) < 4.78 is 2.85. The molecule has 1 rings (SSSR count). The van der Waals surface area contributed by atoms with Crippen LogP contribution in [0.4, 0.5) is 0 Å². The molecule has 2 nitrogen and oxygen atoms in total. The quantitative estimate of drug-likeness (QED) is 0.704. The summed E-state index contributed by atoms with van der Waals surface area (Å²) in [5, 5.41) is 4.09. The minimum Gasteiger partial charge on any atom is -0.258 e. The van der Waals surface area contributed by atoms with E-state index in [9.17, 15) is 0 Å². The van der Waals surface area contributed by atoms with Crippen molar-refractivity contribution in [1.82, 2.24) is 9.78 Å². The Balaban J connectivity index is 2.97. The Bertz CT molecular complexity index is 200. The van der Waals surface area contributed by atoms with Gasteiger partial charge >= 0.3 is 0 Å². The number of aromatic nitrogens is 2. The van der Waals surface area contributed by atoms with Crippen molar-refractivity contribution in [3.8, 4) is 0 Å². The van der Waals surface area contributed by atoms with Gasteiger partial charge in [-0.05, 0) is 22.9 Å². The standard InChI is InChI=1S/C6H8BrClN2/c1-2-10-6(7)5(3-8)4-9-10/h4H,2-3H2,1H3. The molecule has 0 aliphatic heterocycles. The molecule has 0 aliphatic rings. The fraction of sp³-hybridized carbons (Fsp3) is 0.500. The first kappa shape index (κ1) is 8.08. The van der Waals surface area contributed by atoms with Gasteiger partial charge in [0.1, 0.15) is 4.60 Å². The molecule has 4 heteroatoms. The van der Waals surface area contributed by atoms with E-state index in [0.717, 1.165) is 16.7 Å². The second kappa shape index (κ2) is 3.39. The van der Waals surface area contributed by atoms with E-state index in [1.807, 2.05) is 11.6 Å². The number of hydrogen-bond acceptors (Lipinski definition) is 1. The molecule has 0 unspecified atom stereocenters. The van der Waals surface area contributed by atoms with Gasteiger partial charge in [0.2, 0.25) is 0 Å². The largest absolute Gasteiger partial charge is 0.258 e. The van der Waals surface area contributed by atoms with E-state index in [4.69, 9.17) is 11.6 Å². The highest BCUT2D eigenvalue weighted by Gasteiger charge is 2.03. The summed E-state index contributed by atoms with van der Waals surface area (Å²) in [4.78, 5) is 0. The van der Waals surface area contributed by atoms with E-state index in [2.05, 4.69) is 21.0 Å². The van der Waals surface area contributed by atoms with Crippen molar-refractivity contribution in [2.24, 2.45) is 0 Å². The maximum Gasteiger partial charge on any atom is 0.108 e. The lowest BCUT2D eigenvalue weighted by molar-refractivity contribution is 0.645. The van der Waals surface area contributed by atoms with Crippen LogP contribution < -0.4 is 0 Å². The molecule has 0 aromatic carbocycles. The molecule has 0 fully saturated rings. The number of alkyl halides is 1. The van der Waals surface area contributed by atoms with Gasteiger partial charge in [0.25, 0.3) is 0 Å². The van der Waals surface area contributed by atoms with Gasteiger partial charge in [-0.25, -0.2) is 0 Å². The summed E-state index contributed by atoms with van der Waals surface area (Å²) in [6, 6.07) is 0. The van der Waals surface area contributed by atoms with Crippen LogP contribution >= 0.6 is 27.5 Å². The second-order valence-electron chi connectivity index (χ2n) is 1.91. The molecule has 0 amide bonds. The van der Waals surface area contributed by atoms with Crippen LogP contribution in [0, 0.1) is 0 Å². The summed E-state index contributed by atoms with van der Waals surface area (Å²) in [5.41, 5.74) is 1.04.